The van der Waals surface area contributed by atoms with Crippen LogP contribution in [0.2, 0.25) is 5.15 Å². The number of pyridine rings is 2. The smallest absolute Gasteiger partial charge is 0.223 e. The number of nitrogens with zero attached hydrogens (tertiary/aromatic N) is 2. The number of rotatable bonds is 4. The molecule has 1 unspecified atom stereocenters. The van der Waals surface area contributed by atoms with Gasteiger partial charge in [0.05, 0.1) is 5.39 Å². The zero-order valence-corrected chi connectivity index (χ0v) is 14.9. The summed E-state index contributed by atoms with van der Waals surface area (Å²) in [7, 11) is -0.795. The standard InChI is InChI=1S/C16H20ClN3O2S/c1-16(2,18)13-8-20-15(12-7-19-14(17)6-11(12)13)22-9-4-10(5-9)23(3)21/h6-10H,4-5,18H2,1-3H3. The topological polar surface area (TPSA) is 78.1 Å². The molecule has 23 heavy (non-hydrogen) atoms. The highest BCUT2D eigenvalue weighted by molar-refractivity contribution is 7.84. The lowest BCUT2D eigenvalue weighted by atomic mass is 9.93. The van der Waals surface area contributed by atoms with E-state index in [1.54, 1.807) is 24.7 Å². The molecule has 0 bridgehead atoms. The number of aromatic nitrogens is 2. The molecule has 1 fully saturated rings. The van der Waals surface area contributed by atoms with E-state index in [1.165, 1.54) is 0 Å². The largest absolute Gasteiger partial charge is 0.474 e. The van der Waals surface area contributed by atoms with Gasteiger partial charge in [-0.25, -0.2) is 9.97 Å². The van der Waals surface area contributed by atoms with E-state index in [9.17, 15) is 4.21 Å². The van der Waals surface area contributed by atoms with Crippen LogP contribution in [0, 0.1) is 0 Å². The normalized spacial score (nSPS) is 22.7. The quantitative estimate of drug-likeness (QED) is 0.855. The first-order chi connectivity index (χ1) is 10.8. The Balaban J connectivity index is 1.95. The molecule has 2 aromatic rings. The minimum absolute atomic E-state index is 0.0482. The van der Waals surface area contributed by atoms with E-state index in [-0.39, 0.29) is 11.4 Å². The summed E-state index contributed by atoms with van der Waals surface area (Å²) in [4.78, 5) is 8.57. The third-order valence-corrected chi connectivity index (χ3v) is 5.73. The van der Waals surface area contributed by atoms with Crippen molar-refractivity contribution in [2.75, 3.05) is 6.26 Å². The average molecular weight is 354 g/mol. The van der Waals surface area contributed by atoms with Crippen LogP contribution >= 0.6 is 11.6 Å². The van der Waals surface area contributed by atoms with Crippen molar-refractivity contribution in [1.29, 1.82) is 0 Å². The average Bonchev–Trinajstić information content (AvgIpc) is 2.39. The van der Waals surface area contributed by atoms with Gasteiger partial charge in [0, 0.05) is 40.2 Å². The van der Waals surface area contributed by atoms with Crippen molar-refractivity contribution in [2.24, 2.45) is 5.73 Å². The first kappa shape index (κ1) is 16.6. The lowest BCUT2D eigenvalue weighted by Gasteiger charge is -2.33. The molecule has 1 aliphatic carbocycles. The summed E-state index contributed by atoms with van der Waals surface area (Å²) in [5, 5.41) is 2.33. The Morgan fingerprint density at radius 2 is 2.00 bits per heavy atom. The molecule has 2 aromatic heterocycles. The fraction of sp³-hybridized carbons (Fsp3) is 0.500. The molecule has 2 heterocycles. The van der Waals surface area contributed by atoms with E-state index < -0.39 is 16.3 Å². The zero-order valence-electron chi connectivity index (χ0n) is 13.4. The third kappa shape index (κ3) is 3.34. The maximum Gasteiger partial charge on any atom is 0.223 e. The van der Waals surface area contributed by atoms with Crippen LogP contribution < -0.4 is 10.5 Å². The maximum atomic E-state index is 11.4. The van der Waals surface area contributed by atoms with Crippen molar-refractivity contribution in [2.45, 2.75) is 43.6 Å². The molecule has 0 amide bonds. The monoisotopic (exact) mass is 353 g/mol. The van der Waals surface area contributed by atoms with Crippen LogP contribution in [0.4, 0.5) is 0 Å². The molecular formula is C16H20ClN3O2S. The fourth-order valence-corrected chi connectivity index (χ4v) is 3.86. The highest BCUT2D eigenvalue weighted by Crippen LogP contribution is 2.35. The third-order valence-electron chi connectivity index (χ3n) is 4.20. The van der Waals surface area contributed by atoms with Crippen LogP contribution in [0.25, 0.3) is 10.8 Å². The van der Waals surface area contributed by atoms with Crippen molar-refractivity contribution in [3.05, 3.63) is 29.2 Å². The Morgan fingerprint density at radius 3 is 2.61 bits per heavy atom. The summed E-state index contributed by atoms with van der Waals surface area (Å²) >= 11 is 6.04. The van der Waals surface area contributed by atoms with Crippen molar-refractivity contribution in [3.8, 4) is 5.88 Å². The molecule has 1 aliphatic rings. The Labute approximate surface area is 143 Å². The number of halogens is 1. The molecule has 0 aliphatic heterocycles. The zero-order chi connectivity index (χ0) is 16.8. The summed E-state index contributed by atoms with van der Waals surface area (Å²) in [6, 6.07) is 1.79. The molecule has 2 N–H and O–H groups in total. The minimum atomic E-state index is -0.795. The van der Waals surface area contributed by atoms with Gasteiger partial charge < -0.3 is 10.5 Å². The van der Waals surface area contributed by atoms with Crippen LogP contribution in [0.3, 0.4) is 0 Å². The van der Waals surface area contributed by atoms with Gasteiger partial charge >= 0.3 is 0 Å². The first-order valence-electron chi connectivity index (χ1n) is 7.48. The number of hydrogen-bond donors (Lipinski definition) is 1. The van der Waals surface area contributed by atoms with E-state index in [4.69, 9.17) is 22.1 Å². The molecule has 7 heteroatoms. The van der Waals surface area contributed by atoms with Gasteiger partial charge in [0.1, 0.15) is 11.3 Å². The molecule has 124 valence electrons. The Hall–Kier alpha value is -1.24. The van der Waals surface area contributed by atoms with Crippen LogP contribution in [0.15, 0.2) is 18.5 Å². The predicted molar refractivity (Wildman–Crippen MR) is 93.3 cm³/mol. The molecule has 0 saturated heterocycles. The maximum absolute atomic E-state index is 11.4. The number of nitrogens with two attached hydrogens (primary N) is 1. The van der Waals surface area contributed by atoms with Crippen molar-refractivity contribution < 1.29 is 8.95 Å². The second-order valence-electron chi connectivity index (χ2n) is 6.58. The second-order valence-corrected chi connectivity index (χ2v) is 8.63. The lowest BCUT2D eigenvalue weighted by molar-refractivity contribution is 0.121. The van der Waals surface area contributed by atoms with E-state index in [1.807, 2.05) is 13.8 Å². The Bertz CT molecular complexity index is 770. The second kappa shape index (κ2) is 6.00. The summed E-state index contributed by atoms with van der Waals surface area (Å²) in [5.74, 6) is 0.530. The summed E-state index contributed by atoms with van der Waals surface area (Å²) in [6.45, 7) is 3.84. The summed E-state index contributed by atoms with van der Waals surface area (Å²) in [6.07, 6.45) is 6.77. The Morgan fingerprint density at radius 1 is 1.30 bits per heavy atom. The summed E-state index contributed by atoms with van der Waals surface area (Å²) in [5.41, 5.74) is 6.58. The highest BCUT2D eigenvalue weighted by Gasteiger charge is 2.34. The fourth-order valence-electron chi connectivity index (χ4n) is 2.74. The van der Waals surface area contributed by atoms with E-state index in [0.29, 0.717) is 11.0 Å². The minimum Gasteiger partial charge on any atom is -0.474 e. The van der Waals surface area contributed by atoms with Gasteiger partial charge in [-0.2, -0.15) is 0 Å². The molecule has 5 nitrogen and oxygen atoms in total. The van der Waals surface area contributed by atoms with Gasteiger partial charge in [-0.05, 0) is 43.7 Å². The molecule has 1 atom stereocenters. The van der Waals surface area contributed by atoms with Crippen LogP contribution in [0.5, 0.6) is 5.88 Å². The Kier molecular flexibility index (Phi) is 4.33. The van der Waals surface area contributed by atoms with Gasteiger partial charge in [-0.15, -0.1) is 0 Å². The van der Waals surface area contributed by atoms with E-state index >= 15 is 0 Å². The van der Waals surface area contributed by atoms with Gasteiger partial charge in [-0.3, -0.25) is 4.21 Å². The van der Waals surface area contributed by atoms with Gasteiger partial charge in [0.2, 0.25) is 5.88 Å². The van der Waals surface area contributed by atoms with Crippen LogP contribution in [-0.2, 0) is 16.3 Å². The van der Waals surface area contributed by atoms with E-state index in [0.717, 1.165) is 29.2 Å². The first-order valence-corrected chi connectivity index (χ1v) is 9.48. The van der Waals surface area contributed by atoms with E-state index in [2.05, 4.69) is 9.97 Å². The van der Waals surface area contributed by atoms with Gasteiger partial charge in [0.25, 0.3) is 0 Å². The lowest BCUT2D eigenvalue weighted by Crippen LogP contribution is -2.40. The summed E-state index contributed by atoms with van der Waals surface area (Å²) < 4.78 is 17.4. The van der Waals surface area contributed by atoms with Crippen molar-refractivity contribution >= 4 is 33.2 Å². The number of ether oxygens (including phenoxy) is 1. The van der Waals surface area contributed by atoms with Crippen molar-refractivity contribution in [3.63, 3.8) is 0 Å². The van der Waals surface area contributed by atoms with Crippen LogP contribution in [0.1, 0.15) is 32.3 Å². The molecular weight excluding hydrogens is 334 g/mol. The highest BCUT2D eigenvalue weighted by atomic mass is 35.5. The van der Waals surface area contributed by atoms with Gasteiger partial charge in [0.15, 0.2) is 0 Å². The molecule has 0 aromatic carbocycles. The molecule has 0 spiro atoms. The molecule has 3 rings (SSSR count). The molecule has 0 radical (unpaired) electrons. The number of hydrogen-bond acceptors (Lipinski definition) is 5. The van der Waals surface area contributed by atoms with Crippen LogP contribution in [-0.4, -0.2) is 31.8 Å². The SMILES string of the molecule is CS(=O)C1CC(Oc2ncc(C(C)(C)N)c3cc(Cl)ncc23)C1. The predicted octanol–water partition coefficient (Wildman–Crippen LogP) is 2.77. The molecule has 1 saturated carbocycles. The number of fused-ring (bicyclic) bond motifs is 1. The van der Waals surface area contributed by atoms with Gasteiger partial charge in [-0.1, -0.05) is 11.6 Å². The van der Waals surface area contributed by atoms with Crippen molar-refractivity contribution in [1.82, 2.24) is 9.97 Å².